The minimum Gasteiger partial charge on any atom is -0.493 e. The lowest BCUT2D eigenvalue weighted by atomic mass is 10.0. The van der Waals surface area contributed by atoms with Gasteiger partial charge >= 0.3 is 20.5 Å². The first-order chi connectivity index (χ1) is 18.8. The summed E-state index contributed by atoms with van der Waals surface area (Å²) in [5, 5.41) is 0.435. The summed E-state index contributed by atoms with van der Waals surface area (Å²) in [6.07, 6.45) is -5.14. The van der Waals surface area contributed by atoms with Gasteiger partial charge in [0.25, 0.3) is 0 Å². The van der Waals surface area contributed by atoms with Crippen LogP contribution in [0.5, 0.6) is 11.5 Å². The highest BCUT2D eigenvalue weighted by atomic mass is 28.4. The molecule has 0 fully saturated rings. The monoisotopic (exact) mass is 588 g/mol. The van der Waals surface area contributed by atoms with Crippen molar-refractivity contribution in [3.05, 3.63) is 59.0 Å². The van der Waals surface area contributed by atoms with E-state index in [2.05, 4.69) is 4.74 Å². The Morgan fingerprint density at radius 1 is 0.875 bits per heavy atom. The normalized spacial score (nSPS) is 12.6. The van der Waals surface area contributed by atoms with Crippen LogP contribution in [0.1, 0.15) is 39.5 Å². The van der Waals surface area contributed by atoms with Crippen molar-refractivity contribution in [2.75, 3.05) is 19.8 Å². The third-order valence-electron chi connectivity index (χ3n) is 6.14. The molecular weight excluding hydrogens is 555 g/mol. The Bertz CT molecular complexity index is 1300. The van der Waals surface area contributed by atoms with Crippen LogP contribution in [0.15, 0.2) is 57.7 Å². The Kier molecular flexibility index (Phi) is 10.7. The van der Waals surface area contributed by atoms with E-state index in [1.54, 1.807) is 12.1 Å². The lowest BCUT2D eigenvalue weighted by molar-refractivity contribution is -0.274. The van der Waals surface area contributed by atoms with Crippen LogP contribution in [0.25, 0.3) is 22.1 Å². The summed E-state index contributed by atoms with van der Waals surface area (Å²) >= 11 is 0. The number of hydrogen-bond donors (Lipinski definition) is 0. The van der Waals surface area contributed by atoms with Crippen molar-refractivity contribution < 1.29 is 44.7 Å². The van der Waals surface area contributed by atoms with E-state index in [9.17, 15) is 26.7 Å². The van der Waals surface area contributed by atoms with Crippen LogP contribution >= 0.6 is 0 Å². The number of alkyl halides is 5. The Hall–Kier alpha value is -2.96. The van der Waals surface area contributed by atoms with Crippen molar-refractivity contribution in [3.8, 4) is 22.6 Å². The molecule has 3 rings (SSSR count). The molecule has 0 spiro atoms. The minimum absolute atomic E-state index is 0.0237. The van der Waals surface area contributed by atoms with E-state index >= 15 is 0 Å². The van der Waals surface area contributed by atoms with E-state index in [1.807, 2.05) is 20.4 Å². The van der Waals surface area contributed by atoms with E-state index < -0.39 is 32.2 Å². The summed E-state index contributed by atoms with van der Waals surface area (Å²) in [7, 11) is -2.43. The molecule has 0 amide bonds. The second-order valence-electron chi connectivity index (χ2n) is 9.35. The maximum atomic E-state index is 14.4. The van der Waals surface area contributed by atoms with Crippen molar-refractivity contribution in [3.63, 3.8) is 0 Å². The smallest absolute Gasteiger partial charge is 0.493 e. The van der Waals surface area contributed by atoms with E-state index in [0.717, 1.165) is 6.07 Å². The standard InChI is InChI=1S/C28H33F5O6Si/c1-4-36-40(3,37-5-2)17-9-15-27(29,30)14-8-16-35-21-13-12-20-18-23(26(34)38-25(20)19-21)22-10-6-7-11-24(22)39-28(31,32)33/h6-7,10-13,18-19H,4-5,8-9,14-17H2,1-3H3. The molecule has 1 aromatic heterocycles. The van der Waals surface area contributed by atoms with Crippen molar-refractivity contribution in [1.82, 2.24) is 0 Å². The zero-order chi connectivity index (χ0) is 29.4. The predicted molar refractivity (Wildman–Crippen MR) is 143 cm³/mol. The average Bonchev–Trinajstić information content (AvgIpc) is 2.86. The van der Waals surface area contributed by atoms with Crippen LogP contribution < -0.4 is 15.1 Å². The zero-order valence-electron chi connectivity index (χ0n) is 22.6. The predicted octanol–water partition coefficient (Wildman–Crippen LogP) is 8.08. The van der Waals surface area contributed by atoms with Gasteiger partial charge in [0.1, 0.15) is 17.1 Å². The summed E-state index contributed by atoms with van der Waals surface area (Å²) in [5.41, 5.74) is -0.898. The fourth-order valence-electron chi connectivity index (χ4n) is 4.38. The summed E-state index contributed by atoms with van der Waals surface area (Å²) in [4.78, 5) is 12.6. The van der Waals surface area contributed by atoms with Crippen LogP contribution in [-0.2, 0) is 8.85 Å². The molecule has 3 aromatic rings. The van der Waals surface area contributed by atoms with Crippen LogP contribution in [0.4, 0.5) is 22.0 Å². The SMILES string of the molecule is CCO[Si](C)(CCCC(F)(F)CCCOc1ccc2cc(-c3ccccc3OC(F)(F)F)c(=O)oc2c1)OCC. The third-order valence-corrected chi connectivity index (χ3v) is 9.20. The van der Waals surface area contributed by atoms with Gasteiger partial charge in [0, 0.05) is 43.1 Å². The lowest BCUT2D eigenvalue weighted by Gasteiger charge is -2.26. The van der Waals surface area contributed by atoms with Crippen molar-refractivity contribution in [2.45, 2.75) is 64.4 Å². The summed E-state index contributed by atoms with van der Waals surface area (Å²) < 4.78 is 93.5. The van der Waals surface area contributed by atoms with Gasteiger partial charge in [-0.2, -0.15) is 0 Å². The molecule has 0 atom stereocenters. The molecule has 2 aromatic carbocycles. The molecule has 0 saturated carbocycles. The van der Waals surface area contributed by atoms with Gasteiger partial charge in [-0.1, -0.05) is 18.2 Å². The topological polar surface area (TPSA) is 67.1 Å². The Morgan fingerprint density at radius 2 is 1.55 bits per heavy atom. The number of halogens is 5. The van der Waals surface area contributed by atoms with Gasteiger partial charge in [-0.05, 0) is 63.5 Å². The number of ether oxygens (including phenoxy) is 2. The van der Waals surface area contributed by atoms with Gasteiger partial charge in [0.15, 0.2) is 0 Å². The van der Waals surface area contributed by atoms with Gasteiger partial charge in [-0.25, -0.2) is 13.6 Å². The highest BCUT2D eigenvalue weighted by Gasteiger charge is 2.34. The van der Waals surface area contributed by atoms with Crippen molar-refractivity contribution in [2.24, 2.45) is 0 Å². The van der Waals surface area contributed by atoms with Crippen LogP contribution in [0, 0.1) is 0 Å². The fourth-order valence-corrected chi connectivity index (χ4v) is 6.79. The van der Waals surface area contributed by atoms with E-state index in [-0.39, 0.29) is 42.6 Å². The number of rotatable bonds is 15. The van der Waals surface area contributed by atoms with Crippen LogP contribution in [-0.4, -0.2) is 40.7 Å². The summed E-state index contributed by atoms with van der Waals surface area (Å²) in [5.74, 6) is -3.07. The zero-order valence-corrected chi connectivity index (χ0v) is 23.6. The maximum Gasteiger partial charge on any atom is 0.573 e. The number of para-hydroxylation sites is 1. The number of hydrogen-bond acceptors (Lipinski definition) is 6. The van der Waals surface area contributed by atoms with E-state index in [4.69, 9.17) is 18.0 Å². The largest absolute Gasteiger partial charge is 0.573 e. The highest BCUT2D eigenvalue weighted by molar-refractivity contribution is 6.66. The van der Waals surface area contributed by atoms with Crippen molar-refractivity contribution >= 4 is 19.5 Å². The summed E-state index contributed by atoms with van der Waals surface area (Å²) in [6.45, 7) is 6.60. The molecule has 40 heavy (non-hydrogen) atoms. The molecule has 0 aliphatic rings. The molecule has 1 heterocycles. The van der Waals surface area contributed by atoms with Gasteiger partial charge in [0.2, 0.25) is 5.92 Å². The molecule has 220 valence electrons. The second-order valence-corrected chi connectivity index (χ2v) is 12.7. The van der Waals surface area contributed by atoms with Crippen LogP contribution in [0.3, 0.4) is 0 Å². The van der Waals surface area contributed by atoms with Gasteiger partial charge < -0.3 is 22.7 Å². The molecule has 0 saturated heterocycles. The molecule has 0 radical (unpaired) electrons. The van der Waals surface area contributed by atoms with Gasteiger partial charge in [-0.3, -0.25) is 0 Å². The molecule has 0 aliphatic carbocycles. The molecule has 0 aliphatic heterocycles. The lowest BCUT2D eigenvalue weighted by Crippen LogP contribution is -2.39. The van der Waals surface area contributed by atoms with Crippen LogP contribution in [0.2, 0.25) is 12.6 Å². The second kappa shape index (κ2) is 13.6. The quantitative estimate of drug-likeness (QED) is 0.0774. The number of fused-ring (bicyclic) bond motifs is 1. The van der Waals surface area contributed by atoms with Gasteiger partial charge in [-0.15, -0.1) is 13.2 Å². The highest BCUT2D eigenvalue weighted by Crippen LogP contribution is 2.34. The molecule has 0 N–H and O–H groups in total. The third kappa shape index (κ3) is 9.31. The minimum atomic E-state index is -4.93. The Balaban J connectivity index is 1.58. The molecular formula is C28H33F5O6Si. The first-order valence-electron chi connectivity index (χ1n) is 13.1. The molecule has 12 heteroatoms. The average molecular weight is 589 g/mol. The Morgan fingerprint density at radius 3 is 2.23 bits per heavy atom. The molecule has 6 nitrogen and oxygen atoms in total. The first kappa shape index (κ1) is 31.6. The van der Waals surface area contributed by atoms with E-state index in [1.165, 1.54) is 30.3 Å². The fraction of sp³-hybridized carbons (Fsp3) is 0.464. The van der Waals surface area contributed by atoms with Gasteiger partial charge in [0.05, 0.1) is 12.2 Å². The maximum absolute atomic E-state index is 14.4. The molecule has 0 unspecified atom stereocenters. The van der Waals surface area contributed by atoms with Crippen molar-refractivity contribution in [1.29, 1.82) is 0 Å². The number of benzene rings is 2. The Labute approximate surface area is 230 Å². The van der Waals surface area contributed by atoms with E-state index in [0.29, 0.717) is 36.8 Å². The summed E-state index contributed by atoms with van der Waals surface area (Å²) in [6, 6.07) is 11.7. The molecule has 0 bridgehead atoms. The first-order valence-corrected chi connectivity index (χ1v) is 15.6.